The lowest BCUT2D eigenvalue weighted by Gasteiger charge is -2.37. The highest BCUT2D eigenvalue weighted by Crippen LogP contribution is 2.25. The Morgan fingerprint density at radius 1 is 1.26 bits per heavy atom. The van der Waals surface area contributed by atoms with Gasteiger partial charge in [-0.25, -0.2) is 4.79 Å². The molecule has 0 spiro atoms. The summed E-state index contributed by atoms with van der Waals surface area (Å²) in [4.78, 5) is 28.3. The molecule has 0 radical (unpaired) electrons. The smallest absolute Gasteiger partial charge is 0.410 e. The molecule has 0 saturated carbocycles. The second-order valence-electron chi connectivity index (χ2n) is 7.88. The van der Waals surface area contributed by atoms with Gasteiger partial charge in [-0.2, -0.15) is 0 Å². The van der Waals surface area contributed by atoms with Crippen LogP contribution < -0.4 is 4.74 Å². The van der Waals surface area contributed by atoms with Gasteiger partial charge in [-0.05, 0) is 51.8 Å². The van der Waals surface area contributed by atoms with E-state index < -0.39 is 5.60 Å². The van der Waals surface area contributed by atoms with Gasteiger partial charge in [-0.15, -0.1) is 0 Å². The number of carbonyl (C=O) groups is 2. The third-order valence-electron chi connectivity index (χ3n) is 4.65. The summed E-state index contributed by atoms with van der Waals surface area (Å²) < 4.78 is 10.7. The molecule has 1 aromatic rings. The van der Waals surface area contributed by atoms with Gasteiger partial charge in [-0.1, -0.05) is 0 Å². The Balaban J connectivity index is 1.91. The molecule has 1 N–H and O–H groups in total. The molecule has 7 heteroatoms. The summed E-state index contributed by atoms with van der Waals surface area (Å²) in [5, 5.41) is 9.65. The summed E-state index contributed by atoms with van der Waals surface area (Å²) in [6.45, 7) is 6.69. The van der Waals surface area contributed by atoms with Gasteiger partial charge < -0.3 is 24.4 Å². The topological polar surface area (TPSA) is 79.3 Å². The van der Waals surface area contributed by atoms with E-state index in [4.69, 9.17) is 9.47 Å². The summed E-state index contributed by atoms with van der Waals surface area (Å²) in [5.74, 6) is 0.675. The largest absolute Gasteiger partial charge is 0.508 e. The van der Waals surface area contributed by atoms with Gasteiger partial charge in [0.05, 0.1) is 13.5 Å². The number of phenolic OH excluding ortho intramolecular Hbond substituents is 1. The number of amides is 2. The Morgan fingerprint density at radius 2 is 1.89 bits per heavy atom. The van der Waals surface area contributed by atoms with E-state index in [0.29, 0.717) is 37.2 Å². The third-order valence-corrected chi connectivity index (χ3v) is 4.65. The maximum absolute atomic E-state index is 12.6. The van der Waals surface area contributed by atoms with Crippen LogP contribution in [-0.2, 0) is 16.0 Å². The van der Waals surface area contributed by atoms with Crippen LogP contribution in [0.1, 0.15) is 39.2 Å². The zero-order valence-corrected chi connectivity index (χ0v) is 16.8. The van der Waals surface area contributed by atoms with E-state index in [1.165, 1.54) is 6.07 Å². The van der Waals surface area contributed by atoms with Crippen molar-refractivity contribution in [1.82, 2.24) is 9.80 Å². The Bertz CT molecular complexity index is 675. The molecule has 1 aliphatic rings. The van der Waals surface area contributed by atoms with Crippen LogP contribution in [0.15, 0.2) is 18.2 Å². The van der Waals surface area contributed by atoms with E-state index >= 15 is 0 Å². The second kappa shape index (κ2) is 8.50. The average Bonchev–Trinajstić information content (AvgIpc) is 2.60. The lowest BCUT2D eigenvalue weighted by molar-refractivity contribution is -0.131. The maximum atomic E-state index is 12.6. The molecule has 0 atom stereocenters. The number of hydrogen-bond donors (Lipinski definition) is 1. The number of likely N-dealkylation sites (tertiary alicyclic amines) is 1. The molecule has 7 nitrogen and oxygen atoms in total. The Morgan fingerprint density at radius 3 is 2.44 bits per heavy atom. The molecular formula is C20H30N2O5. The van der Waals surface area contributed by atoms with Crippen molar-refractivity contribution in [3.8, 4) is 11.5 Å². The minimum atomic E-state index is -0.525. The summed E-state index contributed by atoms with van der Waals surface area (Å²) in [5.41, 5.74) is 0.137. The number of hydrogen-bond acceptors (Lipinski definition) is 5. The minimum absolute atomic E-state index is 0.0164. The maximum Gasteiger partial charge on any atom is 0.410 e. The first-order valence-electron chi connectivity index (χ1n) is 9.20. The van der Waals surface area contributed by atoms with Crippen molar-refractivity contribution in [2.24, 2.45) is 0 Å². The molecule has 0 aromatic heterocycles. The van der Waals surface area contributed by atoms with E-state index in [1.807, 2.05) is 20.8 Å². The zero-order chi connectivity index (χ0) is 20.2. The van der Waals surface area contributed by atoms with Crippen molar-refractivity contribution in [3.63, 3.8) is 0 Å². The molecule has 27 heavy (non-hydrogen) atoms. The van der Waals surface area contributed by atoms with Gasteiger partial charge in [0.2, 0.25) is 5.91 Å². The van der Waals surface area contributed by atoms with Gasteiger partial charge in [0.1, 0.15) is 17.1 Å². The molecule has 1 aromatic carbocycles. The molecule has 2 rings (SSSR count). The number of carbonyl (C=O) groups excluding carboxylic acids is 2. The van der Waals surface area contributed by atoms with Crippen molar-refractivity contribution < 1.29 is 24.2 Å². The summed E-state index contributed by atoms with van der Waals surface area (Å²) in [7, 11) is 3.28. The fourth-order valence-electron chi connectivity index (χ4n) is 3.16. The fraction of sp³-hybridized carbons (Fsp3) is 0.600. The lowest BCUT2D eigenvalue weighted by Crippen LogP contribution is -2.48. The van der Waals surface area contributed by atoms with Gasteiger partial charge in [0.25, 0.3) is 0 Å². The predicted molar refractivity (Wildman–Crippen MR) is 102 cm³/mol. The molecule has 1 saturated heterocycles. The molecule has 0 aliphatic carbocycles. The van der Waals surface area contributed by atoms with E-state index in [2.05, 4.69) is 0 Å². The molecule has 1 heterocycles. The van der Waals surface area contributed by atoms with Crippen molar-refractivity contribution in [2.45, 2.75) is 51.7 Å². The first-order chi connectivity index (χ1) is 12.6. The molecule has 2 amide bonds. The molecule has 0 unspecified atom stereocenters. The molecule has 150 valence electrons. The molecule has 1 aliphatic heterocycles. The van der Waals surface area contributed by atoms with Crippen LogP contribution in [-0.4, -0.2) is 65.8 Å². The summed E-state index contributed by atoms with van der Waals surface area (Å²) in [6.07, 6.45) is 1.25. The van der Waals surface area contributed by atoms with Gasteiger partial charge in [-0.3, -0.25) is 4.79 Å². The number of aromatic hydroxyl groups is 1. The normalized spacial score (nSPS) is 15.4. The second-order valence-corrected chi connectivity index (χ2v) is 7.88. The highest BCUT2D eigenvalue weighted by atomic mass is 16.6. The standard InChI is InChI=1S/C20H30N2O5/c1-20(2,3)27-19(25)21(4)15-8-10-22(11-9-15)18(24)13-14-12-16(23)6-7-17(14)26-5/h6-7,12,15,23H,8-11,13H2,1-5H3. The molecule has 0 bridgehead atoms. The van der Waals surface area contributed by atoms with Crippen LogP contribution in [0.2, 0.25) is 0 Å². The summed E-state index contributed by atoms with van der Waals surface area (Å²) >= 11 is 0. The molecule has 1 fully saturated rings. The first-order valence-corrected chi connectivity index (χ1v) is 9.20. The highest BCUT2D eigenvalue weighted by molar-refractivity contribution is 5.80. The van der Waals surface area contributed by atoms with E-state index in [1.54, 1.807) is 36.1 Å². The number of nitrogens with zero attached hydrogens (tertiary/aromatic N) is 2. The van der Waals surface area contributed by atoms with E-state index in [-0.39, 0.29) is 30.2 Å². The number of phenols is 1. The third kappa shape index (κ3) is 5.77. The molecular weight excluding hydrogens is 348 g/mol. The quantitative estimate of drug-likeness (QED) is 0.872. The number of methoxy groups -OCH3 is 1. The van der Waals surface area contributed by atoms with Crippen molar-refractivity contribution in [2.75, 3.05) is 27.2 Å². The minimum Gasteiger partial charge on any atom is -0.508 e. The van der Waals surface area contributed by atoms with E-state index in [9.17, 15) is 14.7 Å². The predicted octanol–water partition coefficient (Wildman–Crippen LogP) is 2.80. The monoisotopic (exact) mass is 378 g/mol. The Labute approximate surface area is 160 Å². The average molecular weight is 378 g/mol. The highest BCUT2D eigenvalue weighted by Gasteiger charge is 2.30. The van der Waals surface area contributed by atoms with Crippen LogP contribution in [0.4, 0.5) is 4.79 Å². The number of ether oxygens (including phenoxy) is 2. The lowest BCUT2D eigenvalue weighted by atomic mass is 10.0. The van der Waals surface area contributed by atoms with Gasteiger partial charge in [0.15, 0.2) is 0 Å². The van der Waals surface area contributed by atoms with Crippen molar-refractivity contribution >= 4 is 12.0 Å². The van der Waals surface area contributed by atoms with Gasteiger partial charge in [0, 0.05) is 31.7 Å². The number of piperidine rings is 1. The van der Waals surface area contributed by atoms with Crippen LogP contribution in [0.5, 0.6) is 11.5 Å². The van der Waals surface area contributed by atoms with Crippen LogP contribution >= 0.6 is 0 Å². The Kier molecular flexibility index (Phi) is 6.57. The first kappa shape index (κ1) is 20.9. The van der Waals surface area contributed by atoms with Crippen LogP contribution in [0.25, 0.3) is 0 Å². The van der Waals surface area contributed by atoms with Gasteiger partial charge >= 0.3 is 6.09 Å². The SMILES string of the molecule is COc1ccc(O)cc1CC(=O)N1CCC(N(C)C(=O)OC(C)(C)C)CC1. The fourth-order valence-corrected chi connectivity index (χ4v) is 3.16. The number of benzene rings is 1. The van der Waals surface area contributed by atoms with Crippen molar-refractivity contribution in [1.29, 1.82) is 0 Å². The van der Waals surface area contributed by atoms with Crippen molar-refractivity contribution in [3.05, 3.63) is 23.8 Å². The summed E-state index contributed by atoms with van der Waals surface area (Å²) in [6, 6.07) is 4.80. The van der Waals surface area contributed by atoms with Crippen LogP contribution in [0.3, 0.4) is 0 Å². The zero-order valence-electron chi connectivity index (χ0n) is 16.8. The number of rotatable bonds is 4. The van der Waals surface area contributed by atoms with E-state index in [0.717, 1.165) is 0 Å². The Hall–Kier alpha value is -2.44. The van der Waals surface area contributed by atoms with Crippen LogP contribution in [0, 0.1) is 0 Å².